The van der Waals surface area contributed by atoms with E-state index in [2.05, 4.69) is 12.8 Å². The molecule has 2 aromatic rings. The van der Waals surface area contributed by atoms with Crippen molar-refractivity contribution in [2.75, 3.05) is 0 Å². The van der Waals surface area contributed by atoms with Gasteiger partial charge in [0.25, 0.3) is 0 Å². The van der Waals surface area contributed by atoms with Gasteiger partial charge in [-0.2, -0.15) is 0 Å². The van der Waals surface area contributed by atoms with E-state index in [1.54, 1.807) is 18.2 Å². The van der Waals surface area contributed by atoms with Crippen LogP contribution in [-0.2, 0) is 6.42 Å². The van der Waals surface area contributed by atoms with Crippen LogP contribution >= 0.6 is 11.6 Å². The van der Waals surface area contributed by atoms with E-state index in [9.17, 15) is 5.11 Å². The maximum Gasteiger partial charge on any atom is 0.225 e. The fourth-order valence-corrected chi connectivity index (χ4v) is 3.60. The van der Waals surface area contributed by atoms with E-state index in [4.69, 9.17) is 27.2 Å². The first kappa shape index (κ1) is 19.2. The molecule has 0 saturated carbocycles. The van der Waals surface area contributed by atoms with Gasteiger partial charge in [0, 0.05) is 16.7 Å². The second kappa shape index (κ2) is 8.43. The molecule has 4 nitrogen and oxygen atoms in total. The molecule has 0 aliphatic carbocycles. The van der Waals surface area contributed by atoms with E-state index in [1.165, 1.54) is 6.42 Å². The highest BCUT2D eigenvalue weighted by molar-refractivity contribution is 6.30. The summed E-state index contributed by atoms with van der Waals surface area (Å²) in [5.74, 6) is 2.56. The summed E-state index contributed by atoms with van der Waals surface area (Å²) in [4.78, 5) is 0. The van der Waals surface area contributed by atoms with Crippen molar-refractivity contribution >= 4 is 23.4 Å². The number of phenolic OH excluding ortho intramolecular Hbond substituents is 1. The van der Waals surface area contributed by atoms with E-state index in [1.807, 2.05) is 18.2 Å². The number of hydrogen-bond donors (Lipinski definition) is 3. The molecule has 0 amide bonds. The third kappa shape index (κ3) is 4.08. The molecule has 1 heterocycles. The Labute approximate surface area is 164 Å². The minimum absolute atomic E-state index is 0.118. The number of phenols is 1. The molecule has 0 spiro atoms. The molecule has 27 heavy (non-hydrogen) atoms. The Morgan fingerprint density at radius 3 is 2.56 bits per heavy atom. The summed E-state index contributed by atoms with van der Waals surface area (Å²) in [7, 11) is 0. The second-order valence-corrected chi connectivity index (χ2v) is 7.22. The first-order valence-electron chi connectivity index (χ1n) is 9.22. The predicted octanol–water partition coefficient (Wildman–Crippen LogP) is 5.84. The lowest BCUT2D eigenvalue weighted by molar-refractivity contribution is 0.455. The largest absolute Gasteiger partial charge is 0.508 e. The summed E-state index contributed by atoms with van der Waals surface area (Å²) in [6.07, 6.45) is 5.27. The van der Waals surface area contributed by atoms with Gasteiger partial charge in [0.2, 0.25) is 5.90 Å². The van der Waals surface area contributed by atoms with Crippen LogP contribution in [0.3, 0.4) is 0 Å². The zero-order chi connectivity index (χ0) is 19.4. The molecule has 5 heteroatoms. The zero-order valence-corrected chi connectivity index (χ0v) is 16.1. The van der Waals surface area contributed by atoms with Crippen LogP contribution in [0.4, 0.5) is 0 Å². The minimum atomic E-state index is -0.342. The van der Waals surface area contributed by atoms with Crippen LogP contribution in [0.5, 0.6) is 11.5 Å². The summed E-state index contributed by atoms with van der Waals surface area (Å²) in [5.41, 5.74) is 2.98. The second-order valence-electron chi connectivity index (χ2n) is 6.78. The molecular weight excluding hydrogens is 360 g/mol. The summed E-state index contributed by atoms with van der Waals surface area (Å²) in [6.45, 7) is 2.17. The van der Waals surface area contributed by atoms with Crippen molar-refractivity contribution in [3.63, 3.8) is 0 Å². The van der Waals surface area contributed by atoms with Gasteiger partial charge >= 0.3 is 0 Å². The van der Waals surface area contributed by atoms with Crippen LogP contribution in [0.15, 0.2) is 42.0 Å². The van der Waals surface area contributed by atoms with Gasteiger partial charge in [0.1, 0.15) is 11.5 Å². The van der Waals surface area contributed by atoms with Gasteiger partial charge in [-0.1, -0.05) is 49.9 Å². The molecule has 3 N–H and O–H groups in total. The van der Waals surface area contributed by atoms with Crippen LogP contribution in [0.1, 0.15) is 55.2 Å². The monoisotopic (exact) mass is 382 g/mol. The van der Waals surface area contributed by atoms with E-state index < -0.39 is 0 Å². The SMILES string of the molecule is CCCCCCc1cc2c(cc1O)OC(=N)C(=C=N)C2c1ccc(Cl)cc1. The number of nitrogens with one attached hydrogen (secondary N) is 2. The highest BCUT2D eigenvalue weighted by atomic mass is 35.5. The maximum absolute atomic E-state index is 10.4. The van der Waals surface area contributed by atoms with Crippen LogP contribution in [0, 0.1) is 10.8 Å². The molecule has 3 rings (SSSR count). The van der Waals surface area contributed by atoms with Crippen molar-refractivity contribution in [1.29, 1.82) is 10.8 Å². The lowest BCUT2D eigenvalue weighted by atomic mass is 9.82. The van der Waals surface area contributed by atoms with Gasteiger partial charge < -0.3 is 9.84 Å². The normalized spacial score (nSPS) is 15.9. The number of hydrogen-bond acceptors (Lipinski definition) is 4. The Kier molecular flexibility index (Phi) is 6.00. The molecule has 1 atom stereocenters. The highest BCUT2D eigenvalue weighted by Crippen LogP contribution is 2.44. The Morgan fingerprint density at radius 1 is 1.15 bits per heavy atom. The Balaban J connectivity index is 2.04. The smallest absolute Gasteiger partial charge is 0.225 e. The summed E-state index contributed by atoms with van der Waals surface area (Å²) < 4.78 is 5.57. The minimum Gasteiger partial charge on any atom is -0.508 e. The van der Waals surface area contributed by atoms with E-state index in [0.29, 0.717) is 16.3 Å². The number of rotatable bonds is 6. The molecular formula is C22H23ClN2O2. The number of aryl methyl sites for hydroxylation is 1. The molecule has 2 aromatic carbocycles. The molecule has 0 saturated heterocycles. The van der Waals surface area contributed by atoms with Crippen LogP contribution in [0.2, 0.25) is 5.02 Å². The predicted molar refractivity (Wildman–Crippen MR) is 109 cm³/mol. The molecule has 0 fully saturated rings. The summed E-state index contributed by atoms with van der Waals surface area (Å²) >= 11 is 6.02. The van der Waals surface area contributed by atoms with Gasteiger partial charge in [-0.05, 0) is 48.0 Å². The fraction of sp³-hybridized carbons (Fsp3) is 0.318. The fourth-order valence-electron chi connectivity index (χ4n) is 3.47. The maximum atomic E-state index is 10.4. The topological polar surface area (TPSA) is 77.2 Å². The number of benzene rings is 2. The molecule has 1 aliphatic rings. The number of ether oxygens (including phenoxy) is 1. The summed E-state index contributed by atoms with van der Waals surface area (Å²) in [5, 5.41) is 26.8. The zero-order valence-electron chi connectivity index (χ0n) is 15.3. The Morgan fingerprint density at radius 2 is 1.89 bits per heavy atom. The summed E-state index contributed by atoms with van der Waals surface area (Å²) in [6, 6.07) is 10.9. The van der Waals surface area contributed by atoms with Crippen LogP contribution < -0.4 is 4.74 Å². The van der Waals surface area contributed by atoms with E-state index >= 15 is 0 Å². The Bertz CT molecular complexity index is 899. The average molecular weight is 383 g/mol. The third-order valence-corrected chi connectivity index (χ3v) is 5.16. The van der Waals surface area contributed by atoms with Gasteiger partial charge in [0.15, 0.2) is 0 Å². The molecule has 1 unspecified atom stereocenters. The number of unbranched alkanes of at least 4 members (excludes halogenated alkanes) is 3. The highest BCUT2D eigenvalue weighted by Gasteiger charge is 2.33. The first-order valence-corrected chi connectivity index (χ1v) is 9.60. The van der Waals surface area contributed by atoms with Crippen LogP contribution in [-0.4, -0.2) is 16.9 Å². The van der Waals surface area contributed by atoms with Gasteiger partial charge in [0.05, 0.1) is 11.5 Å². The quantitative estimate of drug-likeness (QED) is 0.433. The first-order chi connectivity index (χ1) is 13.0. The lowest BCUT2D eigenvalue weighted by Gasteiger charge is -2.28. The molecule has 0 radical (unpaired) electrons. The standard InChI is InChI=1S/C22H23ClN2O2/c1-2-3-4-5-6-15-11-17-20(12-19(15)26)27-22(25)18(13-24)21(17)14-7-9-16(23)10-8-14/h7-12,21,24-26H,2-6H2,1H3. The van der Waals surface area contributed by atoms with Crippen molar-refractivity contribution in [1.82, 2.24) is 0 Å². The third-order valence-electron chi connectivity index (χ3n) is 4.91. The molecule has 0 aromatic heterocycles. The van der Waals surface area contributed by atoms with Crippen molar-refractivity contribution in [2.24, 2.45) is 0 Å². The van der Waals surface area contributed by atoms with Gasteiger partial charge in [-0.25, -0.2) is 0 Å². The van der Waals surface area contributed by atoms with Crippen molar-refractivity contribution in [3.05, 3.63) is 63.7 Å². The van der Waals surface area contributed by atoms with E-state index in [0.717, 1.165) is 42.4 Å². The van der Waals surface area contributed by atoms with Crippen molar-refractivity contribution in [3.8, 4) is 11.5 Å². The Hall–Kier alpha value is -2.55. The number of fused-ring (bicyclic) bond motifs is 1. The number of aromatic hydroxyl groups is 1. The van der Waals surface area contributed by atoms with Crippen molar-refractivity contribution < 1.29 is 9.84 Å². The lowest BCUT2D eigenvalue weighted by Crippen LogP contribution is -2.24. The molecule has 1 aliphatic heterocycles. The van der Waals surface area contributed by atoms with Gasteiger partial charge in [-0.15, -0.1) is 0 Å². The van der Waals surface area contributed by atoms with Gasteiger partial charge in [-0.3, -0.25) is 10.8 Å². The van der Waals surface area contributed by atoms with E-state index in [-0.39, 0.29) is 17.6 Å². The van der Waals surface area contributed by atoms with Crippen molar-refractivity contribution in [2.45, 2.75) is 44.9 Å². The van der Waals surface area contributed by atoms with Crippen LogP contribution in [0.25, 0.3) is 0 Å². The molecule has 0 bridgehead atoms. The number of halogens is 1. The average Bonchev–Trinajstić information content (AvgIpc) is 2.65. The molecule has 140 valence electrons.